The van der Waals surface area contributed by atoms with Crippen LogP contribution in [0.25, 0.3) is 0 Å². The third kappa shape index (κ3) is 9.03. The van der Waals surface area contributed by atoms with Crippen molar-refractivity contribution in [3.8, 4) is 0 Å². The topological polar surface area (TPSA) is 99.6 Å². The Morgan fingerprint density at radius 2 is 1.52 bits per heavy atom. The van der Waals surface area contributed by atoms with E-state index in [1.807, 2.05) is 60.7 Å². The summed E-state index contributed by atoms with van der Waals surface area (Å²) in [5.41, 5.74) is 1.03. The number of likely N-dealkylation sites (tertiary alicyclic amines) is 1. The molecule has 1 aliphatic rings. The van der Waals surface area contributed by atoms with Crippen LogP contribution in [0.3, 0.4) is 0 Å². The third-order valence-electron chi connectivity index (χ3n) is 8.28. The standard InChI is InChI=1S/C33H43N3O6S.ClH/c1-34(43(39,40)31-16-10-5-11-17-31)25-33(26-37,29-14-8-4-9-15-29)20-23-35-21-18-30(19-22-35)36(27-41-2)32(38)42-24-28-12-6-3-7-13-28;/h3-17,30,37H,18-27H2,1-2H3;1H. The maximum atomic E-state index is 13.4. The number of piperidine rings is 1. The molecule has 1 atom stereocenters. The van der Waals surface area contributed by atoms with Crippen LogP contribution in [0.5, 0.6) is 0 Å². The number of amides is 1. The number of sulfonamides is 1. The molecule has 1 N–H and O–H groups in total. The summed E-state index contributed by atoms with van der Waals surface area (Å²) in [6.07, 6.45) is 1.68. The van der Waals surface area contributed by atoms with Crippen LogP contribution in [0.1, 0.15) is 30.4 Å². The second-order valence-corrected chi connectivity index (χ2v) is 13.2. The normalized spacial score (nSPS) is 15.7. The van der Waals surface area contributed by atoms with Crippen LogP contribution in [0.4, 0.5) is 4.79 Å². The maximum Gasteiger partial charge on any atom is 0.412 e. The lowest BCUT2D eigenvalue weighted by atomic mass is 9.77. The van der Waals surface area contributed by atoms with Gasteiger partial charge in [-0.2, -0.15) is 4.31 Å². The second-order valence-electron chi connectivity index (χ2n) is 11.1. The average molecular weight is 646 g/mol. The fourth-order valence-corrected chi connectivity index (χ4v) is 6.96. The molecule has 0 saturated carbocycles. The van der Waals surface area contributed by atoms with Gasteiger partial charge < -0.3 is 19.5 Å². The molecule has 4 rings (SSSR count). The van der Waals surface area contributed by atoms with Crippen LogP contribution >= 0.6 is 12.4 Å². The van der Waals surface area contributed by atoms with Crippen LogP contribution in [-0.2, 0) is 31.5 Å². The molecule has 3 aromatic rings. The average Bonchev–Trinajstić information content (AvgIpc) is 3.06. The Labute approximate surface area is 267 Å². The van der Waals surface area contributed by atoms with E-state index in [1.54, 1.807) is 49.4 Å². The Balaban J connectivity index is 0.00000529. The molecule has 11 heteroatoms. The van der Waals surface area contributed by atoms with Crippen molar-refractivity contribution in [1.82, 2.24) is 14.1 Å². The van der Waals surface area contributed by atoms with Gasteiger partial charge in [-0.25, -0.2) is 13.2 Å². The van der Waals surface area contributed by atoms with Crippen LogP contribution in [0.15, 0.2) is 95.9 Å². The Morgan fingerprint density at radius 3 is 2.09 bits per heavy atom. The van der Waals surface area contributed by atoms with E-state index >= 15 is 0 Å². The van der Waals surface area contributed by atoms with Gasteiger partial charge in [0.1, 0.15) is 13.3 Å². The fourth-order valence-electron chi connectivity index (χ4n) is 5.69. The number of halogens is 1. The summed E-state index contributed by atoms with van der Waals surface area (Å²) in [5.74, 6) is 0. The molecular formula is C33H44ClN3O6S. The number of aliphatic hydroxyl groups is 1. The van der Waals surface area contributed by atoms with Crippen molar-refractivity contribution in [2.24, 2.45) is 0 Å². The number of methoxy groups -OCH3 is 1. The number of carbonyl (C=O) groups is 1. The van der Waals surface area contributed by atoms with Crippen LogP contribution in [-0.4, -0.2) is 93.4 Å². The molecule has 0 aromatic heterocycles. The first kappa shape index (κ1) is 35.5. The second kappa shape index (κ2) is 16.9. The van der Waals surface area contributed by atoms with Gasteiger partial charge in [-0.05, 0) is 49.1 Å². The van der Waals surface area contributed by atoms with Gasteiger partial charge >= 0.3 is 6.09 Å². The van der Waals surface area contributed by atoms with Crippen molar-refractivity contribution in [2.45, 2.75) is 42.2 Å². The number of hydrogen-bond acceptors (Lipinski definition) is 7. The van der Waals surface area contributed by atoms with E-state index in [9.17, 15) is 18.3 Å². The van der Waals surface area contributed by atoms with Crippen LogP contribution < -0.4 is 0 Å². The van der Waals surface area contributed by atoms with E-state index in [4.69, 9.17) is 9.47 Å². The highest BCUT2D eigenvalue weighted by molar-refractivity contribution is 7.89. The van der Waals surface area contributed by atoms with E-state index < -0.39 is 21.5 Å². The highest BCUT2D eigenvalue weighted by atomic mass is 35.5. The number of ether oxygens (including phenoxy) is 2. The Kier molecular flexibility index (Phi) is 13.6. The first-order valence-electron chi connectivity index (χ1n) is 14.7. The molecule has 0 bridgehead atoms. The predicted molar refractivity (Wildman–Crippen MR) is 173 cm³/mol. The number of carbonyl (C=O) groups excluding carboxylic acids is 1. The molecule has 240 valence electrons. The molecule has 0 spiro atoms. The molecule has 1 amide bonds. The van der Waals surface area contributed by atoms with E-state index in [-0.39, 0.29) is 49.8 Å². The summed E-state index contributed by atoms with van der Waals surface area (Å²) in [5, 5.41) is 10.8. The largest absolute Gasteiger partial charge is 0.444 e. The quantitative estimate of drug-likeness (QED) is 0.253. The molecule has 1 saturated heterocycles. The molecule has 0 radical (unpaired) electrons. The van der Waals surface area contributed by atoms with Crippen molar-refractivity contribution in [3.05, 3.63) is 102 Å². The minimum Gasteiger partial charge on any atom is -0.444 e. The van der Waals surface area contributed by atoms with Gasteiger partial charge in [0.15, 0.2) is 0 Å². The first-order chi connectivity index (χ1) is 20.8. The molecular weight excluding hydrogens is 602 g/mol. The monoisotopic (exact) mass is 645 g/mol. The van der Waals surface area contributed by atoms with Gasteiger partial charge in [0.2, 0.25) is 10.0 Å². The molecule has 1 unspecified atom stereocenters. The number of hydrogen-bond donors (Lipinski definition) is 1. The highest BCUT2D eigenvalue weighted by Gasteiger charge is 2.37. The maximum absolute atomic E-state index is 13.4. The zero-order valence-electron chi connectivity index (χ0n) is 25.5. The van der Waals surface area contributed by atoms with Gasteiger partial charge in [0.05, 0.1) is 11.5 Å². The Hall–Kier alpha value is -2.99. The van der Waals surface area contributed by atoms with Crippen LogP contribution in [0, 0.1) is 0 Å². The molecule has 1 heterocycles. The van der Waals surface area contributed by atoms with Crippen molar-refractivity contribution < 1.29 is 27.8 Å². The molecule has 9 nitrogen and oxygen atoms in total. The lowest BCUT2D eigenvalue weighted by Crippen LogP contribution is -2.50. The summed E-state index contributed by atoms with van der Waals surface area (Å²) in [4.78, 5) is 17.2. The number of likely N-dealkylation sites (N-methyl/N-ethyl adjacent to an activating group) is 1. The zero-order valence-corrected chi connectivity index (χ0v) is 27.1. The highest BCUT2D eigenvalue weighted by Crippen LogP contribution is 2.32. The molecule has 3 aromatic carbocycles. The summed E-state index contributed by atoms with van der Waals surface area (Å²) in [6, 6.07) is 27.6. The van der Waals surface area contributed by atoms with Gasteiger partial charge in [-0.15, -0.1) is 12.4 Å². The smallest absolute Gasteiger partial charge is 0.412 e. The molecule has 1 aliphatic heterocycles. The van der Waals surface area contributed by atoms with Gasteiger partial charge in [0, 0.05) is 45.2 Å². The third-order valence-corrected chi connectivity index (χ3v) is 10.1. The Morgan fingerprint density at radius 1 is 0.955 bits per heavy atom. The number of rotatable bonds is 14. The zero-order chi connectivity index (χ0) is 30.7. The van der Waals surface area contributed by atoms with Gasteiger partial charge in [-0.1, -0.05) is 78.9 Å². The van der Waals surface area contributed by atoms with Gasteiger partial charge in [-0.3, -0.25) is 4.90 Å². The van der Waals surface area contributed by atoms with E-state index in [0.717, 1.165) is 37.1 Å². The van der Waals surface area contributed by atoms with Crippen molar-refractivity contribution >= 4 is 28.5 Å². The minimum absolute atomic E-state index is 0. The summed E-state index contributed by atoms with van der Waals surface area (Å²) < 4.78 is 39.0. The number of aliphatic hydroxyl groups excluding tert-OH is 1. The van der Waals surface area contributed by atoms with E-state index in [2.05, 4.69) is 4.90 Å². The molecule has 0 aliphatic carbocycles. The SMILES string of the molecule is COCN(C(=O)OCc1ccccc1)C1CCN(CCC(CO)(CN(C)S(=O)(=O)c2ccccc2)c2ccccc2)CC1.Cl. The minimum atomic E-state index is -3.74. The van der Waals surface area contributed by atoms with Gasteiger partial charge in [0.25, 0.3) is 0 Å². The van der Waals surface area contributed by atoms with E-state index in [0.29, 0.717) is 13.0 Å². The molecule has 1 fully saturated rings. The van der Waals surface area contributed by atoms with Crippen molar-refractivity contribution in [1.29, 1.82) is 0 Å². The van der Waals surface area contributed by atoms with Crippen molar-refractivity contribution in [2.75, 3.05) is 53.7 Å². The fraction of sp³-hybridized carbons (Fsp3) is 0.424. The lowest BCUT2D eigenvalue weighted by molar-refractivity contribution is 0.00127. The first-order valence-corrected chi connectivity index (χ1v) is 16.1. The summed E-state index contributed by atoms with van der Waals surface area (Å²) in [7, 11) is -0.598. The molecule has 44 heavy (non-hydrogen) atoms. The number of benzene rings is 3. The Bertz CT molecular complexity index is 1380. The number of nitrogens with zero attached hydrogens (tertiary/aromatic N) is 3. The summed E-state index contributed by atoms with van der Waals surface area (Å²) in [6.45, 7) is 2.48. The summed E-state index contributed by atoms with van der Waals surface area (Å²) >= 11 is 0. The lowest BCUT2D eigenvalue weighted by Gasteiger charge is -2.40. The van der Waals surface area contributed by atoms with Crippen LogP contribution in [0.2, 0.25) is 0 Å². The predicted octanol–water partition coefficient (Wildman–Crippen LogP) is 4.76. The van der Waals surface area contributed by atoms with Crippen molar-refractivity contribution in [3.63, 3.8) is 0 Å². The van der Waals surface area contributed by atoms with E-state index in [1.165, 1.54) is 4.31 Å².